The lowest BCUT2D eigenvalue weighted by Crippen LogP contribution is -1.92. The van der Waals surface area contributed by atoms with Crippen LogP contribution in [0.4, 0.5) is 0 Å². The highest BCUT2D eigenvalue weighted by molar-refractivity contribution is 6.50. The minimum atomic E-state index is -0.110. The zero-order chi connectivity index (χ0) is 17.8. The molecule has 0 fully saturated rings. The van der Waals surface area contributed by atoms with Gasteiger partial charge in [0, 0.05) is 5.56 Å². The Hall–Kier alpha value is -2.50. The van der Waals surface area contributed by atoms with Crippen LogP contribution in [-0.2, 0) is 0 Å². The number of halogens is 2. The summed E-state index contributed by atoms with van der Waals surface area (Å²) in [5.74, 6) is 0.728. The highest BCUT2D eigenvalue weighted by Crippen LogP contribution is 2.36. The lowest BCUT2D eigenvalue weighted by Gasteiger charge is -2.08. The zero-order valence-corrected chi connectivity index (χ0v) is 14.8. The molecule has 3 rings (SSSR count). The van der Waals surface area contributed by atoms with Crippen LogP contribution in [0.3, 0.4) is 0 Å². The van der Waals surface area contributed by atoms with Gasteiger partial charge < -0.3 is 14.3 Å². The van der Waals surface area contributed by atoms with E-state index in [4.69, 9.17) is 32.4 Å². The molecule has 5 nitrogen and oxygen atoms in total. The van der Waals surface area contributed by atoms with Crippen molar-refractivity contribution >= 4 is 34.3 Å². The van der Waals surface area contributed by atoms with Gasteiger partial charge in [0.2, 0.25) is 5.89 Å². The molecule has 128 valence electrons. The molecule has 0 radical (unpaired) electrons. The van der Waals surface area contributed by atoms with Gasteiger partial charge >= 0.3 is 0 Å². The molecule has 0 amide bonds. The Kier molecular flexibility index (Phi) is 5.26. The summed E-state index contributed by atoms with van der Waals surface area (Å²) in [6, 6.07) is 12.6. The van der Waals surface area contributed by atoms with E-state index < -0.39 is 0 Å². The minimum Gasteiger partial charge on any atom is -0.503 e. The molecule has 1 N–H and O–H groups in total. The van der Waals surface area contributed by atoms with Gasteiger partial charge in [0.1, 0.15) is 5.03 Å². The van der Waals surface area contributed by atoms with Crippen LogP contribution in [0.25, 0.3) is 22.6 Å². The van der Waals surface area contributed by atoms with E-state index in [1.807, 2.05) is 37.3 Å². The summed E-state index contributed by atoms with van der Waals surface area (Å²) < 4.78 is 10.9. The topological polar surface area (TPSA) is 68.4 Å². The van der Waals surface area contributed by atoms with Crippen molar-refractivity contribution in [1.82, 2.24) is 10.2 Å². The molecular formula is C18H14Cl2N2O3. The van der Waals surface area contributed by atoms with Gasteiger partial charge in [-0.25, -0.2) is 0 Å². The maximum absolute atomic E-state index is 9.88. The lowest BCUT2D eigenvalue weighted by molar-refractivity contribution is 0.318. The Labute approximate surface area is 154 Å². The van der Waals surface area contributed by atoms with Crippen molar-refractivity contribution in [1.29, 1.82) is 0 Å². The van der Waals surface area contributed by atoms with Gasteiger partial charge in [-0.15, -0.1) is 10.2 Å². The Balaban J connectivity index is 1.91. The molecule has 0 unspecified atom stereocenters. The van der Waals surface area contributed by atoms with Crippen LogP contribution in [-0.4, -0.2) is 21.9 Å². The summed E-state index contributed by atoms with van der Waals surface area (Å²) in [4.78, 5) is 0. The highest BCUT2D eigenvalue weighted by atomic mass is 35.5. The second kappa shape index (κ2) is 7.59. The smallest absolute Gasteiger partial charge is 0.259 e. The van der Waals surface area contributed by atoms with E-state index >= 15 is 0 Å². The molecule has 0 aliphatic carbocycles. The Morgan fingerprint density at radius 3 is 2.72 bits per heavy atom. The third kappa shape index (κ3) is 3.95. The third-order valence-corrected chi connectivity index (χ3v) is 3.85. The fourth-order valence-electron chi connectivity index (χ4n) is 2.17. The van der Waals surface area contributed by atoms with Crippen molar-refractivity contribution in [3.8, 4) is 23.0 Å². The van der Waals surface area contributed by atoms with Gasteiger partial charge in [0.15, 0.2) is 11.5 Å². The maximum Gasteiger partial charge on any atom is 0.259 e. The Bertz CT molecular complexity index is 908. The maximum atomic E-state index is 9.88. The fraction of sp³-hybridized carbons (Fsp3) is 0.111. The molecule has 0 saturated carbocycles. The van der Waals surface area contributed by atoms with Crippen molar-refractivity contribution in [3.63, 3.8) is 0 Å². The molecule has 0 atom stereocenters. The number of ether oxygens (including phenoxy) is 1. The third-order valence-electron chi connectivity index (χ3n) is 3.29. The number of aromatic hydroxyl groups is 1. The number of nitrogens with zero attached hydrogens (tertiary/aromatic N) is 2. The van der Waals surface area contributed by atoms with E-state index in [1.54, 1.807) is 18.2 Å². The van der Waals surface area contributed by atoms with E-state index in [0.29, 0.717) is 18.1 Å². The van der Waals surface area contributed by atoms with Crippen LogP contribution in [0, 0.1) is 0 Å². The van der Waals surface area contributed by atoms with Crippen LogP contribution < -0.4 is 4.74 Å². The zero-order valence-electron chi connectivity index (χ0n) is 13.2. The second-order valence-corrected chi connectivity index (χ2v) is 5.87. The Morgan fingerprint density at radius 2 is 2.00 bits per heavy atom. The first-order valence-electron chi connectivity index (χ1n) is 7.50. The summed E-state index contributed by atoms with van der Waals surface area (Å²) in [5, 5.41) is 18.2. The predicted molar refractivity (Wildman–Crippen MR) is 97.7 cm³/mol. The van der Waals surface area contributed by atoms with Crippen LogP contribution in [0.2, 0.25) is 5.02 Å². The first kappa shape index (κ1) is 17.3. The van der Waals surface area contributed by atoms with Gasteiger partial charge in [-0.2, -0.15) is 0 Å². The van der Waals surface area contributed by atoms with Crippen LogP contribution in [0.5, 0.6) is 11.5 Å². The molecule has 7 heteroatoms. The average molecular weight is 377 g/mol. The monoisotopic (exact) mass is 376 g/mol. The summed E-state index contributed by atoms with van der Waals surface area (Å²) in [5.41, 5.74) is 1.44. The molecule has 0 spiro atoms. The molecule has 1 aromatic heterocycles. The van der Waals surface area contributed by atoms with Crippen molar-refractivity contribution in [2.75, 3.05) is 6.61 Å². The van der Waals surface area contributed by atoms with Crippen LogP contribution in [0.15, 0.2) is 46.9 Å². The SMILES string of the molecule is CCOc1cc(/C=C(\Cl)c2nnc(-c3ccccc3)o2)cc(Cl)c1O. The van der Waals surface area contributed by atoms with Crippen molar-refractivity contribution in [2.45, 2.75) is 6.92 Å². The first-order chi connectivity index (χ1) is 12.1. The Morgan fingerprint density at radius 1 is 1.24 bits per heavy atom. The summed E-state index contributed by atoms with van der Waals surface area (Å²) in [6.07, 6.45) is 1.61. The van der Waals surface area contributed by atoms with Crippen molar-refractivity contribution < 1.29 is 14.3 Å². The van der Waals surface area contributed by atoms with Crippen LogP contribution in [0.1, 0.15) is 18.4 Å². The van der Waals surface area contributed by atoms with Gasteiger partial charge in [0.25, 0.3) is 5.89 Å². The molecule has 0 bridgehead atoms. The number of hydrogen-bond donors (Lipinski definition) is 1. The van der Waals surface area contributed by atoms with Crippen LogP contribution >= 0.6 is 23.2 Å². The number of aromatic nitrogens is 2. The molecule has 0 aliphatic heterocycles. The molecule has 0 aliphatic rings. The molecule has 1 heterocycles. The summed E-state index contributed by atoms with van der Waals surface area (Å²) in [7, 11) is 0. The van der Waals surface area contributed by atoms with E-state index in [9.17, 15) is 5.11 Å². The standard InChI is InChI=1S/C18H14Cl2N2O3/c1-2-24-15-10-11(8-13(19)16(15)23)9-14(20)18-22-21-17(25-18)12-6-4-3-5-7-12/h3-10,23H,2H2,1H3/b14-9-. The van der Waals surface area contributed by atoms with Gasteiger partial charge in [-0.1, -0.05) is 41.4 Å². The predicted octanol–water partition coefficient (Wildman–Crippen LogP) is 5.23. The number of rotatable bonds is 5. The number of phenolic OH excluding ortho intramolecular Hbond substituents is 1. The number of phenols is 1. The minimum absolute atomic E-state index is 0.110. The molecule has 2 aromatic carbocycles. The fourth-order valence-corrected chi connectivity index (χ4v) is 2.59. The van der Waals surface area contributed by atoms with E-state index in [0.717, 1.165) is 5.56 Å². The quantitative estimate of drug-likeness (QED) is 0.659. The van der Waals surface area contributed by atoms with Gasteiger partial charge in [0.05, 0.1) is 11.6 Å². The average Bonchev–Trinajstić information content (AvgIpc) is 3.10. The summed E-state index contributed by atoms with van der Waals surface area (Å²) in [6.45, 7) is 2.21. The lowest BCUT2D eigenvalue weighted by atomic mass is 10.2. The normalized spacial score (nSPS) is 11.6. The van der Waals surface area contributed by atoms with Crippen molar-refractivity contribution in [2.24, 2.45) is 0 Å². The highest BCUT2D eigenvalue weighted by Gasteiger charge is 2.13. The summed E-state index contributed by atoms with van der Waals surface area (Å²) >= 11 is 12.3. The van der Waals surface area contributed by atoms with Gasteiger partial charge in [-0.05, 0) is 42.8 Å². The van der Waals surface area contributed by atoms with Gasteiger partial charge in [-0.3, -0.25) is 0 Å². The first-order valence-corrected chi connectivity index (χ1v) is 8.26. The van der Waals surface area contributed by atoms with E-state index in [-0.39, 0.29) is 27.4 Å². The van der Waals surface area contributed by atoms with Crippen molar-refractivity contribution in [3.05, 3.63) is 58.9 Å². The molecular weight excluding hydrogens is 363 g/mol. The van der Waals surface area contributed by atoms with E-state index in [2.05, 4.69) is 10.2 Å². The largest absolute Gasteiger partial charge is 0.503 e. The number of benzene rings is 2. The molecule has 0 saturated heterocycles. The number of hydrogen-bond acceptors (Lipinski definition) is 5. The molecule has 25 heavy (non-hydrogen) atoms. The molecule has 3 aromatic rings. The second-order valence-electron chi connectivity index (χ2n) is 5.05. The van der Waals surface area contributed by atoms with E-state index in [1.165, 1.54) is 0 Å².